The van der Waals surface area contributed by atoms with Crippen LogP contribution >= 0.6 is 0 Å². The lowest BCUT2D eigenvalue weighted by Gasteiger charge is -2.57. The first-order valence-corrected chi connectivity index (χ1v) is 5.64. The Morgan fingerprint density at radius 3 is 2.50 bits per heavy atom. The number of nitrogens with two attached hydrogens (primary N) is 1. The zero-order chi connectivity index (χ0) is 12.6. The molecule has 0 heterocycles. The lowest BCUT2D eigenvalue weighted by Crippen LogP contribution is -2.76. The van der Waals surface area contributed by atoms with Crippen molar-refractivity contribution >= 4 is 5.91 Å². The lowest BCUT2D eigenvalue weighted by molar-refractivity contribution is -0.173. The molecule has 0 saturated heterocycles. The number of hydrazine groups is 1. The first kappa shape index (κ1) is 13.4. The number of nitrogens with zero attached hydrogens (tertiary/aromatic N) is 1. The summed E-state index contributed by atoms with van der Waals surface area (Å²) in [5, 5.41) is 1.61. The molecular formula is C11H23N3O2. The largest absolute Gasteiger partial charge is 0.378 e. The van der Waals surface area contributed by atoms with Gasteiger partial charge in [-0.3, -0.25) is 10.2 Å². The van der Waals surface area contributed by atoms with Crippen LogP contribution in [0.2, 0.25) is 0 Å². The maximum absolute atomic E-state index is 12.0. The highest BCUT2D eigenvalue weighted by Crippen LogP contribution is 2.49. The summed E-state index contributed by atoms with van der Waals surface area (Å²) in [6.45, 7) is 6.56. The molecule has 1 aliphatic rings. The Hall–Kier alpha value is -0.650. The molecule has 1 amide bonds. The van der Waals surface area contributed by atoms with E-state index in [2.05, 4.69) is 5.43 Å². The molecule has 1 saturated carbocycles. The van der Waals surface area contributed by atoms with Crippen molar-refractivity contribution in [3.63, 3.8) is 0 Å². The molecule has 2 unspecified atom stereocenters. The first-order chi connectivity index (χ1) is 7.25. The van der Waals surface area contributed by atoms with E-state index in [-0.39, 0.29) is 17.4 Å². The Labute approximate surface area is 97.3 Å². The summed E-state index contributed by atoms with van der Waals surface area (Å²) < 4.78 is 5.57. The quantitative estimate of drug-likeness (QED) is 0.672. The van der Waals surface area contributed by atoms with Crippen LogP contribution in [-0.2, 0) is 9.53 Å². The fourth-order valence-electron chi connectivity index (χ4n) is 2.12. The van der Waals surface area contributed by atoms with Gasteiger partial charge in [-0.2, -0.15) is 0 Å². The van der Waals surface area contributed by atoms with E-state index in [4.69, 9.17) is 10.5 Å². The van der Waals surface area contributed by atoms with Gasteiger partial charge >= 0.3 is 0 Å². The van der Waals surface area contributed by atoms with Gasteiger partial charge < -0.3 is 10.5 Å². The fraction of sp³-hybridized carbons (Fsp3) is 0.909. The van der Waals surface area contributed by atoms with Gasteiger partial charge in [0.2, 0.25) is 0 Å². The van der Waals surface area contributed by atoms with Gasteiger partial charge in [0.15, 0.2) is 0 Å². The lowest BCUT2D eigenvalue weighted by atomic mass is 9.54. The van der Waals surface area contributed by atoms with Crippen LogP contribution in [0.3, 0.4) is 0 Å². The summed E-state index contributed by atoms with van der Waals surface area (Å²) in [4.78, 5) is 12.0. The maximum atomic E-state index is 12.0. The SMILES string of the molecule is CCOC1CC(N)(C(=O)NN(C)C)C1(C)C. The topological polar surface area (TPSA) is 67.6 Å². The highest BCUT2D eigenvalue weighted by Gasteiger charge is 2.62. The molecule has 2 atom stereocenters. The van der Waals surface area contributed by atoms with E-state index in [0.29, 0.717) is 13.0 Å². The van der Waals surface area contributed by atoms with Crippen LogP contribution in [0.15, 0.2) is 0 Å². The molecule has 1 fully saturated rings. The van der Waals surface area contributed by atoms with Crippen molar-refractivity contribution in [2.45, 2.75) is 38.8 Å². The van der Waals surface area contributed by atoms with E-state index in [1.807, 2.05) is 20.8 Å². The van der Waals surface area contributed by atoms with Crippen LogP contribution in [0, 0.1) is 5.41 Å². The second kappa shape index (κ2) is 4.31. The minimum Gasteiger partial charge on any atom is -0.378 e. The van der Waals surface area contributed by atoms with E-state index >= 15 is 0 Å². The smallest absolute Gasteiger partial charge is 0.255 e. The number of amides is 1. The third-order valence-corrected chi connectivity index (χ3v) is 3.56. The molecule has 0 radical (unpaired) electrons. The second-order valence-corrected chi connectivity index (χ2v) is 5.18. The van der Waals surface area contributed by atoms with Crippen molar-refractivity contribution in [3.05, 3.63) is 0 Å². The zero-order valence-electron chi connectivity index (χ0n) is 10.8. The van der Waals surface area contributed by atoms with Gasteiger partial charge in [-0.15, -0.1) is 0 Å². The van der Waals surface area contributed by atoms with Crippen molar-refractivity contribution in [1.82, 2.24) is 10.4 Å². The molecule has 5 nitrogen and oxygen atoms in total. The molecule has 0 spiro atoms. The normalized spacial score (nSPS) is 32.3. The van der Waals surface area contributed by atoms with Crippen LogP contribution < -0.4 is 11.2 Å². The number of rotatable bonds is 4. The Kier molecular flexibility index (Phi) is 3.62. The number of carbonyl (C=O) groups is 1. The molecule has 1 rings (SSSR count). The Balaban J connectivity index is 2.71. The molecule has 0 aromatic carbocycles. The molecule has 0 bridgehead atoms. The Morgan fingerprint density at radius 2 is 2.12 bits per heavy atom. The minimum atomic E-state index is -0.836. The molecule has 0 aromatic heterocycles. The van der Waals surface area contributed by atoms with Crippen molar-refractivity contribution < 1.29 is 9.53 Å². The van der Waals surface area contributed by atoms with Gasteiger partial charge in [-0.05, 0) is 6.92 Å². The van der Waals surface area contributed by atoms with Gasteiger partial charge in [0.05, 0.1) is 6.10 Å². The van der Waals surface area contributed by atoms with E-state index in [0.717, 1.165) is 0 Å². The van der Waals surface area contributed by atoms with Crippen molar-refractivity contribution in [2.24, 2.45) is 11.1 Å². The summed E-state index contributed by atoms with van der Waals surface area (Å²) >= 11 is 0. The molecule has 0 aliphatic heterocycles. The summed E-state index contributed by atoms with van der Waals surface area (Å²) in [7, 11) is 3.54. The maximum Gasteiger partial charge on any atom is 0.255 e. The number of hydrogen-bond donors (Lipinski definition) is 2. The number of hydrogen-bond acceptors (Lipinski definition) is 4. The predicted octanol–water partition coefficient (Wildman–Crippen LogP) is 0.112. The number of ether oxygens (including phenoxy) is 1. The molecule has 94 valence electrons. The first-order valence-electron chi connectivity index (χ1n) is 5.64. The highest BCUT2D eigenvalue weighted by molar-refractivity contribution is 5.88. The predicted molar refractivity (Wildman–Crippen MR) is 62.6 cm³/mol. The molecule has 1 aliphatic carbocycles. The van der Waals surface area contributed by atoms with E-state index in [1.165, 1.54) is 0 Å². The summed E-state index contributed by atoms with van der Waals surface area (Å²) in [5.41, 5.74) is 7.73. The molecular weight excluding hydrogens is 206 g/mol. The monoisotopic (exact) mass is 229 g/mol. The van der Waals surface area contributed by atoms with E-state index < -0.39 is 5.54 Å². The van der Waals surface area contributed by atoms with Gasteiger partial charge in [0.25, 0.3) is 5.91 Å². The van der Waals surface area contributed by atoms with Crippen LogP contribution in [0.25, 0.3) is 0 Å². The van der Waals surface area contributed by atoms with Crippen LogP contribution in [0.1, 0.15) is 27.2 Å². The van der Waals surface area contributed by atoms with Gasteiger partial charge in [-0.25, -0.2) is 5.01 Å². The van der Waals surface area contributed by atoms with Crippen molar-refractivity contribution in [2.75, 3.05) is 20.7 Å². The van der Waals surface area contributed by atoms with Crippen LogP contribution in [0.4, 0.5) is 0 Å². The highest BCUT2D eigenvalue weighted by atomic mass is 16.5. The molecule has 5 heteroatoms. The summed E-state index contributed by atoms with van der Waals surface area (Å²) in [5.74, 6) is -0.140. The third kappa shape index (κ3) is 1.95. The van der Waals surface area contributed by atoms with E-state index in [1.54, 1.807) is 19.1 Å². The number of nitrogens with one attached hydrogen (secondary N) is 1. The average Bonchev–Trinajstić information content (AvgIpc) is 2.16. The zero-order valence-corrected chi connectivity index (χ0v) is 10.8. The molecule has 0 aromatic rings. The number of carbonyl (C=O) groups excluding carboxylic acids is 1. The Bertz CT molecular complexity index is 278. The fourth-order valence-corrected chi connectivity index (χ4v) is 2.12. The van der Waals surface area contributed by atoms with Crippen molar-refractivity contribution in [3.8, 4) is 0 Å². The second-order valence-electron chi connectivity index (χ2n) is 5.18. The summed E-state index contributed by atoms with van der Waals surface area (Å²) in [6.07, 6.45) is 0.642. The third-order valence-electron chi connectivity index (χ3n) is 3.56. The minimum absolute atomic E-state index is 0.0652. The Morgan fingerprint density at radius 1 is 1.56 bits per heavy atom. The van der Waals surface area contributed by atoms with Crippen LogP contribution in [-0.4, -0.2) is 43.3 Å². The average molecular weight is 229 g/mol. The van der Waals surface area contributed by atoms with Gasteiger partial charge in [-0.1, -0.05) is 13.8 Å². The van der Waals surface area contributed by atoms with Gasteiger partial charge in [0.1, 0.15) is 5.54 Å². The standard InChI is InChI=1S/C11H23N3O2/c1-6-16-8-7-11(12,10(8,2)3)9(15)13-14(4)5/h8H,6-7,12H2,1-5H3,(H,13,15). The molecule has 3 N–H and O–H groups in total. The van der Waals surface area contributed by atoms with E-state index in [9.17, 15) is 4.79 Å². The summed E-state index contributed by atoms with van der Waals surface area (Å²) in [6, 6.07) is 0. The van der Waals surface area contributed by atoms with Crippen LogP contribution in [0.5, 0.6) is 0 Å². The molecule has 16 heavy (non-hydrogen) atoms. The van der Waals surface area contributed by atoms with Crippen molar-refractivity contribution in [1.29, 1.82) is 0 Å². The van der Waals surface area contributed by atoms with Gasteiger partial charge in [0, 0.05) is 32.5 Å².